The third-order valence-electron chi connectivity index (χ3n) is 7.84. The van der Waals surface area contributed by atoms with Crippen LogP contribution in [0, 0.1) is 0 Å². The number of likely N-dealkylation sites (N-methyl/N-ethyl adjacent to an activating group) is 1. The minimum absolute atomic E-state index is 0.0219. The van der Waals surface area contributed by atoms with Gasteiger partial charge in [0.25, 0.3) is 7.82 Å². The van der Waals surface area contributed by atoms with E-state index in [9.17, 15) is 19.4 Å². The zero-order chi connectivity index (χ0) is 37.9. The Hall–Kier alpha value is -2.32. The Labute approximate surface area is 312 Å². The number of nitrogens with zero attached hydrogens (tertiary/aromatic N) is 1. The van der Waals surface area contributed by atoms with E-state index < -0.39 is 26.6 Å². The zero-order valence-corrected chi connectivity index (χ0v) is 33.7. The molecule has 292 valence electrons. The molecule has 0 radical (unpaired) electrons. The van der Waals surface area contributed by atoms with Gasteiger partial charge in [-0.3, -0.25) is 9.36 Å². The number of carbonyl (C=O) groups excluding carboxylic acids is 1. The van der Waals surface area contributed by atoms with Crippen molar-refractivity contribution in [1.29, 1.82) is 0 Å². The summed E-state index contributed by atoms with van der Waals surface area (Å²) in [6, 6.07) is -0.935. The summed E-state index contributed by atoms with van der Waals surface area (Å²) in [5, 5.41) is 13.6. The maximum absolute atomic E-state index is 12.8. The molecule has 1 amide bonds. The lowest BCUT2D eigenvalue weighted by Crippen LogP contribution is -2.45. The molecule has 0 aliphatic heterocycles. The predicted octanol–water partition coefficient (Wildman–Crippen LogP) is 9.60. The minimum Gasteiger partial charge on any atom is -0.756 e. The van der Waals surface area contributed by atoms with Crippen molar-refractivity contribution in [2.24, 2.45) is 0 Å². The Balaban J connectivity index is 4.69. The number of quaternary nitrogens is 1. The number of unbranched alkanes of at least 4 members (excludes halogenated alkanes) is 8. The maximum Gasteiger partial charge on any atom is 0.268 e. The molecule has 3 unspecified atom stereocenters. The molecule has 0 fully saturated rings. The Kier molecular flexibility index (Phi) is 32.0. The van der Waals surface area contributed by atoms with Crippen molar-refractivity contribution in [1.82, 2.24) is 5.32 Å². The number of phosphoric ester groups is 1. The van der Waals surface area contributed by atoms with Crippen molar-refractivity contribution in [3.63, 3.8) is 0 Å². The summed E-state index contributed by atoms with van der Waals surface area (Å²) < 4.78 is 23.0. The van der Waals surface area contributed by atoms with E-state index in [1.165, 1.54) is 38.5 Å². The molecule has 0 saturated carbocycles. The first-order valence-corrected chi connectivity index (χ1v) is 20.9. The number of hydrogen-bond donors (Lipinski definition) is 2. The van der Waals surface area contributed by atoms with Crippen molar-refractivity contribution in [2.75, 3.05) is 40.9 Å². The Bertz CT molecular complexity index is 1100. The molecule has 0 spiro atoms. The number of amides is 1. The third kappa shape index (κ3) is 35.9. The molecule has 9 heteroatoms. The second-order valence-corrected chi connectivity index (χ2v) is 15.3. The summed E-state index contributed by atoms with van der Waals surface area (Å²) in [4.78, 5) is 25.1. The van der Waals surface area contributed by atoms with Crippen molar-refractivity contribution < 1.29 is 32.9 Å². The van der Waals surface area contributed by atoms with E-state index in [0.717, 1.165) is 57.8 Å². The number of allylic oxidation sites excluding steroid dienone is 13. The quantitative estimate of drug-likeness (QED) is 0.0301. The summed E-state index contributed by atoms with van der Waals surface area (Å²) in [6.45, 7) is 4.40. The highest BCUT2D eigenvalue weighted by Gasteiger charge is 2.23. The molecular formula is C42H73N2O6P. The fourth-order valence-corrected chi connectivity index (χ4v) is 5.45. The molecule has 0 aliphatic carbocycles. The fraction of sp³-hybridized carbons (Fsp3) is 0.643. The second-order valence-electron chi connectivity index (χ2n) is 13.9. The monoisotopic (exact) mass is 733 g/mol. The van der Waals surface area contributed by atoms with Crippen molar-refractivity contribution in [3.05, 3.63) is 85.1 Å². The number of hydrogen-bond acceptors (Lipinski definition) is 6. The molecule has 3 atom stereocenters. The maximum atomic E-state index is 12.8. The lowest BCUT2D eigenvalue weighted by molar-refractivity contribution is -0.870. The van der Waals surface area contributed by atoms with E-state index in [1.807, 2.05) is 27.2 Å². The van der Waals surface area contributed by atoms with Gasteiger partial charge in [0.05, 0.1) is 39.9 Å². The van der Waals surface area contributed by atoms with Gasteiger partial charge in [-0.2, -0.15) is 0 Å². The van der Waals surface area contributed by atoms with Crippen LogP contribution >= 0.6 is 7.82 Å². The van der Waals surface area contributed by atoms with Crippen LogP contribution in [0.25, 0.3) is 0 Å². The smallest absolute Gasteiger partial charge is 0.268 e. The van der Waals surface area contributed by atoms with Gasteiger partial charge in [0.2, 0.25) is 5.91 Å². The minimum atomic E-state index is -4.61. The van der Waals surface area contributed by atoms with Gasteiger partial charge in [-0.25, -0.2) is 0 Å². The first-order valence-electron chi connectivity index (χ1n) is 19.4. The van der Waals surface area contributed by atoms with Crippen LogP contribution in [-0.2, 0) is 18.4 Å². The molecule has 0 heterocycles. The van der Waals surface area contributed by atoms with Gasteiger partial charge in [0, 0.05) is 6.42 Å². The van der Waals surface area contributed by atoms with E-state index in [2.05, 4.69) is 92.1 Å². The van der Waals surface area contributed by atoms with E-state index in [-0.39, 0.29) is 18.9 Å². The number of nitrogens with one attached hydrogen (secondary N) is 1. The van der Waals surface area contributed by atoms with Gasteiger partial charge in [-0.1, -0.05) is 131 Å². The van der Waals surface area contributed by atoms with Crippen molar-refractivity contribution in [2.45, 2.75) is 135 Å². The molecule has 0 aromatic carbocycles. The van der Waals surface area contributed by atoms with Gasteiger partial charge in [0.15, 0.2) is 0 Å². The van der Waals surface area contributed by atoms with E-state index in [0.29, 0.717) is 17.4 Å². The summed E-state index contributed by atoms with van der Waals surface area (Å²) in [7, 11) is 1.19. The molecule has 0 aromatic heterocycles. The van der Waals surface area contributed by atoms with E-state index >= 15 is 0 Å². The first-order chi connectivity index (χ1) is 24.5. The number of rotatable bonds is 33. The van der Waals surface area contributed by atoms with Crippen LogP contribution in [0.4, 0.5) is 0 Å². The van der Waals surface area contributed by atoms with Gasteiger partial charge < -0.3 is 28.8 Å². The van der Waals surface area contributed by atoms with Crippen molar-refractivity contribution >= 4 is 13.7 Å². The SMILES string of the molecule is CC/C=C\C/C=C\C/C=C\C/C=C\C/C=C\CCCC(=O)NC(COP(=O)([O-])OCC[N+](C)(C)C)C(O)/C=C/CC/C=C/CCCCCCCC. The third-order valence-corrected chi connectivity index (χ3v) is 8.80. The number of carbonyl (C=O) groups is 1. The van der Waals surface area contributed by atoms with E-state index in [1.54, 1.807) is 6.08 Å². The van der Waals surface area contributed by atoms with Crippen LogP contribution in [0.3, 0.4) is 0 Å². The summed E-state index contributed by atoms with van der Waals surface area (Å²) in [5.74, 6) is -0.271. The van der Waals surface area contributed by atoms with Gasteiger partial charge in [-0.15, -0.1) is 0 Å². The first kappa shape index (κ1) is 48.7. The number of aliphatic hydroxyl groups is 1. The highest BCUT2D eigenvalue weighted by molar-refractivity contribution is 7.45. The van der Waals surface area contributed by atoms with E-state index in [4.69, 9.17) is 9.05 Å². The molecule has 0 aromatic rings. The fourth-order valence-electron chi connectivity index (χ4n) is 4.73. The van der Waals surface area contributed by atoms with Crippen LogP contribution in [-0.4, -0.2) is 68.5 Å². The second kappa shape index (κ2) is 33.5. The molecule has 0 rings (SSSR count). The zero-order valence-electron chi connectivity index (χ0n) is 32.8. The summed E-state index contributed by atoms with van der Waals surface area (Å²) in [5.41, 5.74) is 0. The topological polar surface area (TPSA) is 108 Å². The van der Waals surface area contributed by atoms with Crippen LogP contribution in [0.1, 0.15) is 123 Å². The molecule has 8 nitrogen and oxygen atoms in total. The highest BCUT2D eigenvalue weighted by Crippen LogP contribution is 2.38. The molecule has 0 aliphatic rings. The Morgan fingerprint density at radius 3 is 1.82 bits per heavy atom. The lowest BCUT2D eigenvalue weighted by Gasteiger charge is -2.29. The summed E-state index contributed by atoms with van der Waals surface area (Å²) in [6.07, 6.45) is 44.9. The van der Waals surface area contributed by atoms with Gasteiger partial charge in [-0.05, 0) is 70.6 Å². The largest absolute Gasteiger partial charge is 0.756 e. The van der Waals surface area contributed by atoms with Gasteiger partial charge >= 0.3 is 0 Å². The number of aliphatic hydroxyl groups excluding tert-OH is 1. The van der Waals surface area contributed by atoms with Crippen molar-refractivity contribution in [3.8, 4) is 0 Å². The molecular weight excluding hydrogens is 659 g/mol. The normalized spacial score (nSPS) is 15.5. The molecule has 2 N–H and O–H groups in total. The van der Waals surface area contributed by atoms with Crippen LogP contribution in [0.2, 0.25) is 0 Å². The lowest BCUT2D eigenvalue weighted by atomic mass is 10.1. The standard InChI is InChI=1S/C42H73N2O6P/c1-6-8-10-12-14-16-18-20-21-22-23-24-26-28-30-32-34-36-42(46)43-40(39-50-51(47,48)49-38-37-44(3,4)5)41(45)35-33-31-29-27-25-19-17-15-13-11-9-7-2/h8,10,14,16,20-21,23-25,27-28,30,33,35,40-41,45H,6-7,9,11-13,15,17-19,22,26,29,31-32,34,36-39H2,1-5H3,(H-,43,46,47,48)/b10-8-,16-14-,21-20-,24-23-,27-25+,30-28-,35-33+. The average Bonchev–Trinajstić information content (AvgIpc) is 3.07. The molecule has 0 saturated heterocycles. The molecule has 0 bridgehead atoms. The Morgan fingerprint density at radius 1 is 0.706 bits per heavy atom. The number of phosphoric acid groups is 1. The van der Waals surface area contributed by atoms with Crippen LogP contribution in [0.15, 0.2) is 85.1 Å². The van der Waals surface area contributed by atoms with Crippen LogP contribution < -0.4 is 10.2 Å². The summed E-state index contributed by atoms with van der Waals surface area (Å²) >= 11 is 0. The predicted molar refractivity (Wildman–Crippen MR) is 214 cm³/mol. The Morgan fingerprint density at radius 2 is 1.22 bits per heavy atom. The molecule has 51 heavy (non-hydrogen) atoms. The highest BCUT2D eigenvalue weighted by atomic mass is 31.2. The van der Waals surface area contributed by atoms with Gasteiger partial charge in [0.1, 0.15) is 13.2 Å². The van der Waals surface area contributed by atoms with Crippen LogP contribution in [0.5, 0.6) is 0 Å². The average molecular weight is 733 g/mol.